The van der Waals surface area contributed by atoms with Gasteiger partial charge in [0, 0.05) is 6.54 Å². The van der Waals surface area contributed by atoms with Crippen LogP contribution in [-0.2, 0) is 19.6 Å². The number of carbonyl (C=O) groups is 2. The zero-order chi connectivity index (χ0) is 18.6. The van der Waals surface area contributed by atoms with E-state index in [1.54, 1.807) is 12.1 Å². The molecular formula is C17H24N2O5S. The number of amides is 1. The Labute approximate surface area is 148 Å². The van der Waals surface area contributed by atoms with Gasteiger partial charge < -0.3 is 10.4 Å². The molecule has 1 saturated heterocycles. The molecule has 1 heterocycles. The molecule has 1 aromatic rings. The lowest BCUT2D eigenvalue weighted by Gasteiger charge is -2.25. The topological polar surface area (TPSA) is 104 Å². The molecule has 1 aromatic carbocycles. The highest BCUT2D eigenvalue weighted by Crippen LogP contribution is 2.26. The third kappa shape index (κ3) is 4.38. The smallest absolute Gasteiger partial charge is 0.326 e. The molecule has 2 N–H and O–H groups in total. The normalized spacial score (nSPS) is 19.5. The number of nitrogens with one attached hydrogen (secondary N) is 1. The van der Waals surface area contributed by atoms with Crippen LogP contribution in [0.4, 0.5) is 0 Å². The molecule has 2 rings (SSSR count). The maximum absolute atomic E-state index is 12.8. The van der Waals surface area contributed by atoms with Crippen LogP contribution in [0.2, 0.25) is 0 Å². The van der Waals surface area contributed by atoms with Gasteiger partial charge in [0.2, 0.25) is 15.9 Å². The summed E-state index contributed by atoms with van der Waals surface area (Å²) in [6, 6.07) is 4.59. The fourth-order valence-electron chi connectivity index (χ4n) is 2.95. The third-order valence-corrected chi connectivity index (χ3v) is 6.25. The lowest BCUT2D eigenvalue weighted by Crippen LogP contribution is -2.50. The van der Waals surface area contributed by atoms with Crippen LogP contribution in [0, 0.1) is 6.92 Å². The van der Waals surface area contributed by atoms with Crippen molar-refractivity contribution < 1.29 is 23.1 Å². The summed E-state index contributed by atoms with van der Waals surface area (Å²) in [5.41, 5.74) is 0.943. The maximum atomic E-state index is 12.8. The van der Waals surface area contributed by atoms with Gasteiger partial charge in [-0.05, 0) is 38.3 Å². The number of carboxylic acid groups (broad SMARTS) is 1. The van der Waals surface area contributed by atoms with Gasteiger partial charge in [-0.15, -0.1) is 0 Å². The zero-order valence-electron chi connectivity index (χ0n) is 14.4. The molecule has 1 aliphatic rings. The molecule has 1 fully saturated rings. The summed E-state index contributed by atoms with van der Waals surface area (Å²) >= 11 is 0. The Balaban J connectivity index is 2.20. The highest BCUT2D eigenvalue weighted by Gasteiger charge is 2.40. The second kappa shape index (κ2) is 7.97. The van der Waals surface area contributed by atoms with Crippen LogP contribution < -0.4 is 5.32 Å². The van der Waals surface area contributed by atoms with Crippen molar-refractivity contribution in [1.29, 1.82) is 0 Å². The van der Waals surface area contributed by atoms with E-state index in [-0.39, 0.29) is 11.4 Å². The molecule has 1 aliphatic heterocycles. The first kappa shape index (κ1) is 19.4. The molecular weight excluding hydrogens is 344 g/mol. The molecule has 1 amide bonds. The quantitative estimate of drug-likeness (QED) is 0.759. The summed E-state index contributed by atoms with van der Waals surface area (Å²) in [6.45, 7) is 3.94. The van der Waals surface area contributed by atoms with Crippen LogP contribution in [0.5, 0.6) is 0 Å². The van der Waals surface area contributed by atoms with Crippen molar-refractivity contribution in [2.75, 3.05) is 6.54 Å². The lowest BCUT2D eigenvalue weighted by atomic mass is 10.1. The highest BCUT2D eigenvalue weighted by atomic mass is 32.2. The van der Waals surface area contributed by atoms with Crippen LogP contribution in [0.25, 0.3) is 0 Å². The second-order valence-corrected chi connectivity index (χ2v) is 8.17. The number of carbonyl (C=O) groups excluding carboxylic acids is 1. The van der Waals surface area contributed by atoms with Crippen molar-refractivity contribution in [3.63, 3.8) is 0 Å². The molecule has 0 aromatic heterocycles. The van der Waals surface area contributed by atoms with Gasteiger partial charge in [-0.3, -0.25) is 4.79 Å². The highest BCUT2D eigenvalue weighted by molar-refractivity contribution is 7.89. The Hall–Kier alpha value is -1.93. The molecule has 0 spiro atoms. The number of aliphatic carboxylic acids is 1. The van der Waals surface area contributed by atoms with Crippen molar-refractivity contribution >= 4 is 21.9 Å². The average Bonchev–Trinajstić information content (AvgIpc) is 3.05. The van der Waals surface area contributed by atoms with Crippen LogP contribution in [-0.4, -0.2) is 48.3 Å². The van der Waals surface area contributed by atoms with Crippen LogP contribution >= 0.6 is 0 Å². The van der Waals surface area contributed by atoms with E-state index in [0.717, 1.165) is 5.56 Å². The molecule has 2 atom stereocenters. The Morgan fingerprint density at radius 1 is 1.32 bits per heavy atom. The van der Waals surface area contributed by atoms with E-state index in [9.17, 15) is 23.1 Å². The molecule has 0 bridgehead atoms. The average molecular weight is 368 g/mol. The maximum Gasteiger partial charge on any atom is 0.326 e. The monoisotopic (exact) mass is 368 g/mol. The Morgan fingerprint density at radius 3 is 2.52 bits per heavy atom. The Morgan fingerprint density at radius 2 is 1.96 bits per heavy atom. The first-order valence-corrected chi connectivity index (χ1v) is 9.83. The standard InChI is InChI=1S/C17H24N2O5S/c1-3-5-14(17(21)22)18-16(20)15-6-4-11-19(15)25(23,24)13-9-7-12(2)8-10-13/h7-10,14-15H,3-6,11H2,1-2H3,(H,18,20)(H,21,22)/t14?,15-/m0/s1. The molecule has 0 radical (unpaired) electrons. The second-order valence-electron chi connectivity index (χ2n) is 6.27. The molecule has 7 nitrogen and oxygen atoms in total. The van der Waals surface area contributed by atoms with E-state index in [2.05, 4.69) is 5.32 Å². The molecule has 25 heavy (non-hydrogen) atoms. The van der Waals surface area contributed by atoms with E-state index in [0.29, 0.717) is 25.7 Å². The molecule has 0 saturated carbocycles. The largest absolute Gasteiger partial charge is 0.480 e. The van der Waals surface area contributed by atoms with Crippen LogP contribution in [0.15, 0.2) is 29.2 Å². The SMILES string of the molecule is CCCC(NC(=O)[C@@H]1CCCN1S(=O)(=O)c1ccc(C)cc1)C(=O)O. The number of hydrogen-bond donors (Lipinski definition) is 2. The summed E-state index contributed by atoms with van der Waals surface area (Å²) in [4.78, 5) is 23.9. The minimum atomic E-state index is -3.79. The summed E-state index contributed by atoms with van der Waals surface area (Å²) in [7, 11) is -3.79. The summed E-state index contributed by atoms with van der Waals surface area (Å²) in [6.07, 6.45) is 1.86. The van der Waals surface area contributed by atoms with Crippen molar-refractivity contribution in [2.45, 2.75) is 56.5 Å². The number of aryl methyl sites for hydroxylation is 1. The predicted molar refractivity (Wildman–Crippen MR) is 92.6 cm³/mol. The van der Waals surface area contributed by atoms with Crippen molar-refractivity contribution in [3.05, 3.63) is 29.8 Å². The number of benzene rings is 1. The van der Waals surface area contributed by atoms with E-state index < -0.39 is 34.0 Å². The molecule has 1 unspecified atom stereocenters. The minimum absolute atomic E-state index is 0.140. The summed E-state index contributed by atoms with van der Waals surface area (Å²) in [5, 5.41) is 11.7. The number of sulfonamides is 1. The van der Waals surface area contributed by atoms with Crippen LogP contribution in [0.3, 0.4) is 0 Å². The Bertz CT molecular complexity index is 730. The minimum Gasteiger partial charge on any atom is -0.480 e. The molecule has 8 heteroatoms. The van der Waals surface area contributed by atoms with E-state index in [1.807, 2.05) is 13.8 Å². The first-order valence-electron chi connectivity index (χ1n) is 8.39. The van der Waals surface area contributed by atoms with Gasteiger partial charge in [0.15, 0.2) is 0 Å². The summed E-state index contributed by atoms with van der Waals surface area (Å²) in [5.74, 6) is -1.66. The van der Waals surface area contributed by atoms with E-state index >= 15 is 0 Å². The van der Waals surface area contributed by atoms with Crippen LogP contribution in [0.1, 0.15) is 38.2 Å². The van der Waals surface area contributed by atoms with Gasteiger partial charge in [-0.1, -0.05) is 31.0 Å². The van der Waals surface area contributed by atoms with Gasteiger partial charge in [-0.25, -0.2) is 13.2 Å². The molecule has 138 valence electrons. The van der Waals surface area contributed by atoms with Crippen molar-refractivity contribution in [1.82, 2.24) is 9.62 Å². The lowest BCUT2D eigenvalue weighted by molar-refractivity contribution is -0.142. The number of hydrogen-bond acceptors (Lipinski definition) is 4. The van der Waals surface area contributed by atoms with Crippen molar-refractivity contribution in [2.24, 2.45) is 0 Å². The Kier molecular flexibility index (Phi) is 6.18. The summed E-state index contributed by atoms with van der Waals surface area (Å²) < 4.78 is 26.8. The predicted octanol–water partition coefficient (Wildman–Crippen LogP) is 1.52. The van der Waals surface area contributed by atoms with Gasteiger partial charge >= 0.3 is 5.97 Å². The molecule has 0 aliphatic carbocycles. The number of rotatable bonds is 7. The fraction of sp³-hybridized carbons (Fsp3) is 0.529. The van der Waals surface area contributed by atoms with E-state index in [4.69, 9.17) is 0 Å². The van der Waals surface area contributed by atoms with Gasteiger partial charge in [-0.2, -0.15) is 4.31 Å². The van der Waals surface area contributed by atoms with Gasteiger partial charge in [0.1, 0.15) is 12.1 Å². The third-order valence-electron chi connectivity index (χ3n) is 4.33. The number of carboxylic acids is 1. The first-order chi connectivity index (χ1) is 11.8. The zero-order valence-corrected chi connectivity index (χ0v) is 15.3. The van der Waals surface area contributed by atoms with E-state index in [1.165, 1.54) is 16.4 Å². The van der Waals surface area contributed by atoms with Crippen molar-refractivity contribution in [3.8, 4) is 0 Å². The number of nitrogens with zero attached hydrogens (tertiary/aromatic N) is 1. The fourth-order valence-corrected chi connectivity index (χ4v) is 4.61. The van der Waals surface area contributed by atoms with Gasteiger partial charge in [0.05, 0.1) is 4.90 Å². The van der Waals surface area contributed by atoms with Gasteiger partial charge in [0.25, 0.3) is 0 Å².